The number of hydrogen-bond acceptors (Lipinski definition) is 3. The van der Waals surface area contributed by atoms with Gasteiger partial charge in [0.05, 0.1) is 6.10 Å². The summed E-state index contributed by atoms with van der Waals surface area (Å²) in [7, 11) is 0. The number of aliphatic hydroxyl groups is 1. The largest absolute Gasteiger partial charge is 0.393 e. The quantitative estimate of drug-likeness (QED) is 0.928. The third-order valence-electron chi connectivity index (χ3n) is 5.10. The average Bonchev–Trinajstić information content (AvgIpc) is 2.62. The van der Waals surface area contributed by atoms with Gasteiger partial charge in [0.15, 0.2) is 0 Å². The van der Waals surface area contributed by atoms with Gasteiger partial charge in [-0.25, -0.2) is 4.39 Å². The van der Waals surface area contributed by atoms with Gasteiger partial charge in [-0.05, 0) is 31.2 Å². The van der Waals surface area contributed by atoms with Crippen molar-refractivity contribution in [3.05, 3.63) is 35.9 Å². The number of hydrogen-bond donors (Lipinski definition) is 1. The Balaban J connectivity index is 1.51. The molecule has 0 aromatic heterocycles. The summed E-state index contributed by atoms with van der Waals surface area (Å²) in [6.07, 6.45) is 1.73. The molecule has 0 radical (unpaired) electrons. The van der Waals surface area contributed by atoms with Crippen molar-refractivity contribution >= 4 is 5.91 Å². The second kappa shape index (κ2) is 7.41. The van der Waals surface area contributed by atoms with Crippen LogP contribution in [0.25, 0.3) is 0 Å². The minimum atomic E-state index is -1.56. The predicted octanol–water partition coefficient (Wildman–Crippen LogP) is 2.14. The molecule has 1 aromatic rings. The molecule has 126 valence electrons. The molecule has 0 unspecified atom stereocenters. The zero-order chi connectivity index (χ0) is 16.2. The Bertz CT molecular complexity index is 509. The van der Waals surface area contributed by atoms with E-state index in [2.05, 4.69) is 4.90 Å². The van der Waals surface area contributed by atoms with Crippen molar-refractivity contribution in [2.45, 2.75) is 44.0 Å². The second-order valence-electron chi connectivity index (χ2n) is 6.60. The smallest absolute Gasteiger partial charge is 0.261 e. The van der Waals surface area contributed by atoms with Crippen LogP contribution < -0.4 is 0 Å². The summed E-state index contributed by atoms with van der Waals surface area (Å²) in [5.74, 6) is -0.413. The number of alkyl halides is 1. The Kier molecular flexibility index (Phi) is 5.28. The number of piperidine rings is 2. The number of aliphatic hydroxyl groups excluding tert-OH is 1. The molecule has 4 nitrogen and oxygen atoms in total. The number of carbonyl (C=O) groups excluding carboxylic acids is 1. The summed E-state index contributed by atoms with van der Waals surface area (Å²) in [6.45, 7) is 3.09. The summed E-state index contributed by atoms with van der Waals surface area (Å²) in [4.78, 5) is 16.4. The number of carbonyl (C=O) groups is 1. The van der Waals surface area contributed by atoms with Gasteiger partial charge in [0.25, 0.3) is 5.91 Å². The Morgan fingerprint density at radius 2 is 1.65 bits per heavy atom. The average molecular weight is 320 g/mol. The minimum absolute atomic E-state index is 0.161. The van der Waals surface area contributed by atoms with E-state index in [4.69, 9.17) is 0 Å². The highest BCUT2D eigenvalue weighted by Crippen LogP contribution is 2.25. The van der Waals surface area contributed by atoms with Crippen LogP contribution in [0.3, 0.4) is 0 Å². The Hall–Kier alpha value is -1.46. The van der Waals surface area contributed by atoms with Gasteiger partial charge >= 0.3 is 0 Å². The summed E-state index contributed by atoms with van der Waals surface area (Å²) in [5.41, 5.74) is 0.435. The highest BCUT2D eigenvalue weighted by molar-refractivity contribution is 5.82. The predicted molar refractivity (Wildman–Crippen MR) is 86.7 cm³/mol. The highest BCUT2D eigenvalue weighted by atomic mass is 19.1. The van der Waals surface area contributed by atoms with E-state index in [1.807, 2.05) is 6.07 Å². The van der Waals surface area contributed by atoms with Crippen molar-refractivity contribution < 1.29 is 14.3 Å². The number of nitrogens with zero attached hydrogens (tertiary/aromatic N) is 2. The molecule has 1 amide bonds. The molecule has 3 rings (SSSR count). The van der Waals surface area contributed by atoms with E-state index in [0.29, 0.717) is 24.7 Å². The third kappa shape index (κ3) is 3.90. The van der Waals surface area contributed by atoms with Gasteiger partial charge in [-0.15, -0.1) is 0 Å². The molecule has 2 aliphatic heterocycles. The van der Waals surface area contributed by atoms with E-state index >= 15 is 0 Å². The molecule has 0 saturated carbocycles. The fraction of sp³-hybridized carbons (Fsp3) is 0.611. The van der Waals surface area contributed by atoms with Crippen molar-refractivity contribution in [1.29, 1.82) is 0 Å². The molecule has 2 fully saturated rings. The second-order valence-corrected chi connectivity index (χ2v) is 6.60. The van der Waals surface area contributed by atoms with Crippen molar-refractivity contribution in [3.63, 3.8) is 0 Å². The molecule has 0 bridgehead atoms. The molecular formula is C18H25FN2O2. The highest BCUT2D eigenvalue weighted by Gasteiger charge is 2.32. The first kappa shape index (κ1) is 16.4. The van der Waals surface area contributed by atoms with E-state index < -0.39 is 12.1 Å². The van der Waals surface area contributed by atoms with E-state index in [1.165, 1.54) is 0 Å². The van der Waals surface area contributed by atoms with Crippen molar-refractivity contribution in [2.75, 3.05) is 26.2 Å². The van der Waals surface area contributed by atoms with E-state index in [9.17, 15) is 14.3 Å². The molecule has 2 saturated heterocycles. The third-order valence-corrected chi connectivity index (χ3v) is 5.10. The van der Waals surface area contributed by atoms with Crippen molar-refractivity contribution in [2.24, 2.45) is 0 Å². The lowest BCUT2D eigenvalue weighted by atomic mass is 9.98. The lowest BCUT2D eigenvalue weighted by molar-refractivity contribution is -0.138. The van der Waals surface area contributed by atoms with Crippen LogP contribution >= 0.6 is 0 Å². The van der Waals surface area contributed by atoms with Gasteiger partial charge in [-0.2, -0.15) is 0 Å². The monoisotopic (exact) mass is 320 g/mol. The molecule has 1 aromatic carbocycles. The Morgan fingerprint density at radius 1 is 1.04 bits per heavy atom. The Morgan fingerprint density at radius 3 is 2.26 bits per heavy atom. The summed E-state index contributed by atoms with van der Waals surface area (Å²) in [5, 5.41) is 9.59. The van der Waals surface area contributed by atoms with Gasteiger partial charge in [0.1, 0.15) is 0 Å². The van der Waals surface area contributed by atoms with Gasteiger partial charge < -0.3 is 14.9 Å². The number of benzene rings is 1. The molecule has 0 aliphatic carbocycles. The van der Waals surface area contributed by atoms with E-state index in [0.717, 1.165) is 38.8 Å². The van der Waals surface area contributed by atoms with Crippen LogP contribution in [-0.2, 0) is 4.79 Å². The van der Waals surface area contributed by atoms with Crippen LogP contribution in [0, 0.1) is 0 Å². The molecule has 0 spiro atoms. The summed E-state index contributed by atoms with van der Waals surface area (Å²) in [6, 6.07) is 9.12. The van der Waals surface area contributed by atoms with Crippen molar-refractivity contribution in [1.82, 2.24) is 9.80 Å². The SMILES string of the molecule is O=C([C@@H](F)c1ccccc1)N1CCC(N2CCC(O)CC2)CC1. The van der Waals surface area contributed by atoms with Crippen LogP contribution in [0.4, 0.5) is 4.39 Å². The number of likely N-dealkylation sites (tertiary alicyclic amines) is 2. The molecule has 23 heavy (non-hydrogen) atoms. The van der Waals surface area contributed by atoms with Gasteiger partial charge in [0.2, 0.25) is 6.17 Å². The van der Waals surface area contributed by atoms with E-state index in [1.54, 1.807) is 29.2 Å². The van der Waals surface area contributed by atoms with Crippen LogP contribution in [0.5, 0.6) is 0 Å². The summed E-state index contributed by atoms with van der Waals surface area (Å²) < 4.78 is 14.4. The molecule has 1 atom stereocenters. The Labute approximate surface area is 136 Å². The molecule has 2 heterocycles. The number of rotatable bonds is 3. The standard InChI is InChI=1S/C18H25FN2O2/c19-17(14-4-2-1-3-5-14)18(23)21-10-6-15(7-11-21)20-12-8-16(22)9-13-20/h1-5,15-17,22H,6-13H2/t17-/m0/s1. The van der Waals surface area contributed by atoms with Gasteiger partial charge in [-0.1, -0.05) is 30.3 Å². The molecule has 1 N–H and O–H groups in total. The fourth-order valence-electron chi connectivity index (χ4n) is 3.63. The van der Waals surface area contributed by atoms with E-state index in [-0.39, 0.29) is 6.10 Å². The maximum Gasteiger partial charge on any atom is 0.261 e. The normalized spacial score (nSPS) is 23.0. The topological polar surface area (TPSA) is 43.8 Å². The first-order valence-corrected chi connectivity index (χ1v) is 8.55. The summed E-state index contributed by atoms with van der Waals surface area (Å²) >= 11 is 0. The number of halogens is 1. The first-order valence-electron chi connectivity index (χ1n) is 8.55. The first-order chi connectivity index (χ1) is 11.1. The maximum absolute atomic E-state index is 14.4. The number of amides is 1. The minimum Gasteiger partial charge on any atom is -0.393 e. The molecule has 2 aliphatic rings. The van der Waals surface area contributed by atoms with Crippen LogP contribution in [0.2, 0.25) is 0 Å². The maximum atomic E-state index is 14.4. The lowest BCUT2D eigenvalue weighted by Crippen LogP contribution is -2.50. The van der Waals surface area contributed by atoms with Crippen LogP contribution in [-0.4, -0.2) is 59.1 Å². The molecular weight excluding hydrogens is 295 g/mol. The van der Waals surface area contributed by atoms with Gasteiger partial charge in [0, 0.05) is 32.2 Å². The fourth-order valence-corrected chi connectivity index (χ4v) is 3.63. The molecule has 5 heteroatoms. The van der Waals surface area contributed by atoms with Crippen LogP contribution in [0.15, 0.2) is 30.3 Å². The van der Waals surface area contributed by atoms with Crippen molar-refractivity contribution in [3.8, 4) is 0 Å². The van der Waals surface area contributed by atoms with Gasteiger partial charge in [-0.3, -0.25) is 4.79 Å². The zero-order valence-corrected chi connectivity index (χ0v) is 13.4. The van der Waals surface area contributed by atoms with Crippen LogP contribution in [0.1, 0.15) is 37.4 Å². The lowest BCUT2D eigenvalue weighted by Gasteiger charge is -2.41. The zero-order valence-electron chi connectivity index (χ0n) is 13.4.